The third-order valence-electron chi connectivity index (χ3n) is 7.44. The number of unbranched alkanes of at least 4 members (excludes halogenated alkanes) is 2. The highest BCUT2D eigenvalue weighted by Crippen LogP contribution is 2.38. The van der Waals surface area contributed by atoms with Gasteiger partial charge in [0.1, 0.15) is 5.52 Å². The molecule has 2 aromatic heterocycles. The molecule has 0 bridgehead atoms. The minimum Gasteiger partial charge on any atom is -0.481 e. The molecule has 8 nitrogen and oxygen atoms in total. The molecule has 1 saturated carbocycles. The Hall–Kier alpha value is -2.35. The molecule has 1 saturated heterocycles. The van der Waals surface area contributed by atoms with Crippen LogP contribution in [-0.2, 0) is 4.79 Å². The number of aliphatic carboxylic acids is 1. The maximum Gasteiger partial charge on any atom is 0.306 e. The highest BCUT2D eigenvalue weighted by atomic mass is 16.4. The van der Waals surface area contributed by atoms with E-state index in [-0.39, 0.29) is 12.0 Å². The third-order valence-corrected chi connectivity index (χ3v) is 7.44. The molecule has 0 aromatic carbocycles. The highest BCUT2D eigenvalue weighted by Gasteiger charge is 2.29. The molecule has 2 aliphatic rings. The molecule has 0 spiro atoms. The summed E-state index contributed by atoms with van der Waals surface area (Å²) < 4.78 is 2.05. The summed E-state index contributed by atoms with van der Waals surface area (Å²) in [5.74, 6) is 0.0619. The zero-order valence-electron chi connectivity index (χ0n) is 20.0. The first-order chi connectivity index (χ1) is 16.0. The molecule has 3 N–H and O–H groups in total. The number of aromatic nitrogens is 3. The summed E-state index contributed by atoms with van der Waals surface area (Å²) in [7, 11) is 0. The first-order valence-corrected chi connectivity index (χ1v) is 12.8. The normalized spacial score (nSPS) is 23.1. The van der Waals surface area contributed by atoms with E-state index in [4.69, 9.17) is 5.10 Å². The lowest BCUT2D eigenvalue weighted by Gasteiger charge is -2.31. The molecule has 1 aliphatic carbocycles. The number of rotatable bonds is 9. The van der Waals surface area contributed by atoms with Gasteiger partial charge in [-0.3, -0.25) is 4.79 Å². The Morgan fingerprint density at radius 1 is 1.18 bits per heavy atom. The molecule has 0 radical (unpaired) electrons. The van der Waals surface area contributed by atoms with Crippen molar-refractivity contribution in [2.24, 2.45) is 5.92 Å². The summed E-state index contributed by atoms with van der Waals surface area (Å²) in [4.78, 5) is 18.3. The van der Waals surface area contributed by atoms with Gasteiger partial charge in [0.25, 0.3) is 0 Å². The third kappa shape index (κ3) is 5.60. The van der Waals surface area contributed by atoms with Gasteiger partial charge < -0.3 is 20.4 Å². The van der Waals surface area contributed by atoms with Crippen LogP contribution in [0.1, 0.15) is 89.7 Å². The Morgan fingerprint density at radius 2 is 1.91 bits per heavy atom. The lowest BCUT2D eigenvalue weighted by Crippen LogP contribution is -2.36. The van der Waals surface area contributed by atoms with Crippen LogP contribution in [-0.4, -0.2) is 56.0 Å². The van der Waals surface area contributed by atoms with Crippen LogP contribution in [0.5, 0.6) is 0 Å². The molecule has 0 amide bonds. The second kappa shape index (κ2) is 10.7. The Morgan fingerprint density at radius 3 is 2.58 bits per heavy atom. The van der Waals surface area contributed by atoms with E-state index in [1.54, 1.807) is 0 Å². The van der Waals surface area contributed by atoms with Gasteiger partial charge in [0.05, 0.1) is 23.9 Å². The Kier molecular flexibility index (Phi) is 7.73. The minimum atomic E-state index is -0.690. The van der Waals surface area contributed by atoms with Crippen LogP contribution in [0.2, 0.25) is 0 Å². The van der Waals surface area contributed by atoms with E-state index in [1.807, 2.05) is 6.20 Å². The van der Waals surface area contributed by atoms with E-state index in [0.717, 1.165) is 56.4 Å². The maximum absolute atomic E-state index is 11.4. The molecule has 2 aromatic rings. The number of aliphatic hydroxyl groups excluding tert-OH is 1. The standard InChI is InChI=1S/C25H39N5O3/c1-3-4-5-6-17(2)27-25-26-16-23-22(29-13-11-19(12-14-29)24(32)33)15-21(30(23)28-25)18-7-9-20(31)10-8-18/h15-20,31H,3-14H2,1-2H3,(H,27,28)(H,32,33)/t17-,18?,20?/m0/s1. The average molecular weight is 458 g/mol. The molecular formula is C25H39N5O3. The van der Waals surface area contributed by atoms with Crippen molar-refractivity contribution in [3.8, 4) is 0 Å². The van der Waals surface area contributed by atoms with Gasteiger partial charge in [-0.2, -0.15) is 0 Å². The fraction of sp³-hybridized carbons (Fsp3) is 0.720. The van der Waals surface area contributed by atoms with Crippen molar-refractivity contribution in [1.82, 2.24) is 14.6 Å². The van der Waals surface area contributed by atoms with Crippen molar-refractivity contribution in [3.63, 3.8) is 0 Å². The number of nitrogens with zero attached hydrogens (tertiary/aromatic N) is 4. The Labute approximate surface area is 196 Å². The molecule has 182 valence electrons. The molecule has 1 atom stereocenters. The van der Waals surface area contributed by atoms with Gasteiger partial charge in [-0.25, -0.2) is 9.50 Å². The van der Waals surface area contributed by atoms with Crippen LogP contribution in [0.4, 0.5) is 11.6 Å². The van der Waals surface area contributed by atoms with E-state index in [1.165, 1.54) is 25.0 Å². The summed E-state index contributed by atoms with van der Waals surface area (Å²) in [5, 5.41) is 27.7. The van der Waals surface area contributed by atoms with E-state index in [2.05, 4.69) is 39.6 Å². The van der Waals surface area contributed by atoms with Crippen molar-refractivity contribution in [3.05, 3.63) is 18.0 Å². The predicted octanol–water partition coefficient (Wildman–Crippen LogP) is 4.43. The second-order valence-corrected chi connectivity index (χ2v) is 9.98. The second-order valence-electron chi connectivity index (χ2n) is 9.98. The van der Waals surface area contributed by atoms with Gasteiger partial charge >= 0.3 is 5.97 Å². The number of nitrogens with one attached hydrogen (secondary N) is 1. The smallest absolute Gasteiger partial charge is 0.306 e. The summed E-state index contributed by atoms with van der Waals surface area (Å²) in [5.41, 5.74) is 3.26. The van der Waals surface area contributed by atoms with Crippen molar-refractivity contribution in [2.45, 2.75) is 96.1 Å². The minimum absolute atomic E-state index is 0.196. The Balaban J connectivity index is 1.60. The zero-order chi connectivity index (χ0) is 23.4. The molecule has 1 aliphatic heterocycles. The van der Waals surface area contributed by atoms with Gasteiger partial charge in [-0.05, 0) is 57.9 Å². The summed E-state index contributed by atoms with van der Waals surface area (Å²) in [6, 6.07) is 2.55. The van der Waals surface area contributed by atoms with Crippen molar-refractivity contribution in [2.75, 3.05) is 23.3 Å². The number of carboxylic acids is 1. The van der Waals surface area contributed by atoms with E-state index in [0.29, 0.717) is 30.7 Å². The largest absolute Gasteiger partial charge is 0.481 e. The SMILES string of the molecule is CCCCC[C@H](C)Nc1ncc2c(N3CCC(C(=O)O)CC3)cc(C3CCC(O)CC3)n2n1. The first kappa shape index (κ1) is 23.8. The fourth-order valence-corrected chi connectivity index (χ4v) is 5.34. The van der Waals surface area contributed by atoms with Crippen LogP contribution < -0.4 is 10.2 Å². The van der Waals surface area contributed by atoms with Crippen LogP contribution in [0.15, 0.2) is 12.3 Å². The van der Waals surface area contributed by atoms with Gasteiger partial charge in [0.15, 0.2) is 0 Å². The topological polar surface area (TPSA) is 103 Å². The van der Waals surface area contributed by atoms with Crippen molar-refractivity contribution >= 4 is 23.1 Å². The fourth-order valence-electron chi connectivity index (χ4n) is 5.34. The molecule has 3 heterocycles. The number of carboxylic acid groups (broad SMARTS) is 1. The number of carbonyl (C=O) groups is 1. The lowest BCUT2D eigenvalue weighted by molar-refractivity contribution is -0.142. The van der Waals surface area contributed by atoms with Gasteiger partial charge in [0.2, 0.25) is 5.95 Å². The van der Waals surface area contributed by atoms with E-state index < -0.39 is 5.97 Å². The Bertz CT molecular complexity index is 930. The predicted molar refractivity (Wildman–Crippen MR) is 130 cm³/mol. The van der Waals surface area contributed by atoms with Crippen LogP contribution in [0.3, 0.4) is 0 Å². The molecule has 33 heavy (non-hydrogen) atoms. The quantitative estimate of drug-likeness (QED) is 0.479. The van der Waals surface area contributed by atoms with E-state index in [9.17, 15) is 15.0 Å². The number of fused-ring (bicyclic) bond motifs is 1. The van der Waals surface area contributed by atoms with Gasteiger partial charge in [-0.15, -0.1) is 5.10 Å². The first-order valence-electron chi connectivity index (χ1n) is 12.8. The monoisotopic (exact) mass is 457 g/mol. The molecule has 4 rings (SSSR count). The summed E-state index contributed by atoms with van der Waals surface area (Å²) >= 11 is 0. The molecule has 8 heteroatoms. The number of aliphatic hydroxyl groups is 1. The number of hydrogen-bond acceptors (Lipinski definition) is 6. The van der Waals surface area contributed by atoms with Gasteiger partial charge in [-0.1, -0.05) is 26.2 Å². The molecule has 0 unspecified atom stereocenters. The number of anilines is 2. The lowest BCUT2D eigenvalue weighted by atomic mass is 9.85. The van der Waals surface area contributed by atoms with Crippen LogP contribution >= 0.6 is 0 Å². The maximum atomic E-state index is 11.4. The number of piperidine rings is 1. The summed E-state index contributed by atoms with van der Waals surface area (Å²) in [6.45, 7) is 5.86. The average Bonchev–Trinajstić information content (AvgIpc) is 3.18. The van der Waals surface area contributed by atoms with E-state index >= 15 is 0 Å². The van der Waals surface area contributed by atoms with Crippen molar-refractivity contribution < 1.29 is 15.0 Å². The van der Waals surface area contributed by atoms with Crippen molar-refractivity contribution in [1.29, 1.82) is 0 Å². The molecule has 2 fully saturated rings. The summed E-state index contributed by atoms with van der Waals surface area (Å²) in [6.07, 6.45) is 11.3. The molecular weight excluding hydrogens is 418 g/mol. The number of hydrogen-bond donors (Lipinski definition) is 3. The van der Waals surface area contributed by atoms with Gasteiger partial charge in [0, 0.05) is 30.7 Å². The van der Waals surface area contributed by atoms with Crippen LogP contribution in [0, 0.1) is 5.92 Å². The highest BCUT2D eigenvalue weighted by molar-refractivity contribution is 5.76. The zero-order valence-corrected chi connectivity index (χ0v) is 20.0. The van der Waals surface area contributed by atoms with Crippen LogP contribution in [0.25, 0.3) is 5.52 Å².